The smallest absolute Gasteiger partial charge is 0.257 e. The van der Waals surface area contributed by atoms with Gasteiger partial charge in [-0.3, -0.25) is 14.4 Å². The molecule has 2 fully saturated rings. The molecule has 3 amide bonds. The molecule has 2 aromatic rings. The van der Waals surface area contributed by atoms with E-state index >= 15 is 0 Å². The summed E-state index contributed by atoms with van der Waals surface area (Å²) in [5.41, 5.74) is 1.15. The fraction of sp³-hybridized carbons (Fsp3) is 0.348. The zero-order valence-corrected chi connectivity index (χ0v) is 16.5. The molecular weight excluding hydrogens is 387 g/mol. The highest BCUT2D eigenvalue weighted by molar-refractivity contribution is 6.23. The number of ether oxygens (including phenoxy) is 1. The molecule has 4 rings (SSSR count). The Balaban J connectivity index is 1.57. The second kappa shape index (κ2) is 8.75. The van der Waals surface area contributed by atoms with Gasteiger partial charge in [0.05, 0.1) is 24.6 Å². The van der Waals surface area contributed by atoms with Crippen molar-refractivity contribution in [2.24, 2.45) is 0 Å². The van der Waals surface area contributed by atoms with Crippen molar-refractivity contribution in [3.8, 4) is 0 Å². The molecule has 2 heterocycles. The van der Waals surface area contributed by atoms with Crippen molar-refractivity contribution in [1.82, 2.24) is 4.90 Å². The van der Waals surface area contributed by atoms with Crippen LogP contribution in [-0.4, -0.2) is 47.9 Å². The summed E-state index contributed by atoms with van der Waals surface area (Å²) in [4.78, 5) is 41.5. The van der Waals surface area contributed by atoms with Gasteiger partial charge in [-0.25, -0.2) is 9.29 Å². The average molecular weight is 410 g/mol. The summed E-state index contributed by atoms with van der Waals surface area (Å²) < 4.78 is 18.9. The van der Waals surface area contributed by atoms with Crippen LogP contribution in [0, 0.1) is 5.82 Å². The van der Waals surface area contributed by atoms with E-state index in [9.17, 15) is 18.8 Å². The van der Waals surface area contributed by atoms with Crippen LogP contribution in [0.5, 0.6) is 0 Å². The summed E-state index contributed by atoms with van der Waals surface area (Å²) in [6, 6.07) is 13.6. The Morgan fingerprint density at radius 3 is 2.50 bits per heavy atom. The van der Waals surface area contributed by atoms with Gasteiger partial charge in [0.25, 0.3) is 5.91 Å². The summed E-state index contributed by atoms with van der Waals surface area (Å²) in [5.74, 6) is -1.54. The van der Waals surface area contributed by atoms with Crippen molar-refractivity contribution in [3.63, 3.8) is 0 Å². The van der Waals surface area contributed by atoms with Crippen molar-refractivity contribution in [1.29, 1.82) is 0 Å². The first-order valence-corrected chi connectivity index (χ1v) is 10.1. The third-order valence-corrected chi connectivity index (χ3v) is 5.53. The molecule has 156 valence electrons. The number of amides is 3. The standard InChI is InChI=1S/C23H23FN2O4/c24-17-8-10-18(11-9-17)26-22(28)14-20(23(26)29)25(15-19-7-4-12-30-19)21(27)13-16-5-2-1-3-6-16/h1-3,5-6,8-11,19-20H,4,7,12-15H2. The second-order valence-corrected chi connectivity index (χ2v) is 7.61. The fourth-order valence-corrected chi connectivity index (χ4v) is 4.00. The number of imide groups is 1. The first-order chi connectivity index (χ1) is 14.5. The first kappa shape index (κ1) is 20.2. The molecule has 2 unspecified atom stereocenters. The maximum absolute atomic E-state index is 13.3. The van der Waals surface area contributed by atoms with Crippen LogP contribution >= 0.6 is 0 Å². The molecule has 2 aliphatic rings. The average Bonchev–Trinajstić information content (AvgIpc) is 3.35. The zero-order chi connectivity index (χ0) is 21.1. The van der Waals surface area contributed by atoms with Crippen molar-refractivity contribution in [2.75, 3.05) is 18.1 Å². The lowest BCUT2D eigenvalue weighted by atomic mass is 10.1. The van der Waals surface area contributed by atoms with Crippen LogP contribution < -0.4 is 4.90 Å². The molecule has 0 spiro atoms. The number of hydrogen-bond donors (Lipinski definition) is 0. The second-order valence-electron chi connectivity index (χ2n) is 7.61. The molecule has 2 aliphatic heterocycles. The van der Waals surface area contributed by atoms with Crippen molar-refractivity contribution < 1.29 is 23.5 Å². The highest BCUT2D eigenvalue weighted by Gasteiger charge is 2.45. The van der Waals surface area contributed by atoms with Gasteiger partial charge >= 0.3 is 0 Å². The maximum Gasteiger partial charge on any atom is 0.257 e. The normalized spacial score (nSPS) is 21.3. The van der Waals surface area contributed by atoms with Gasteiger partial charge < -0.3 is 9.64 Å². The van der Waals surface area contributed by atoms with Crippen LogP contribution in [0.1, 0.15) is 24.8 Å². The molecule has 7 heteroatoms. The minimum atomic E-state index is -0.886. The van der Waals surface area contributed by atoms with Gasteiger partial charge in [-0.05, 0) is 42.7 Å². The van der Waals surface area contributed by atoms with E-state index in [2.05, 4.69) is 0 Å². The van der Waals surface area contributed by atoms with E-state index in [1.54, 1.807) is 0 Å². The van der Waals surface area contributed by atoms with Gasteiger partial charge in [0.2, 0.25) is 11.8 Å². The van der Waals surface area contributed by atoms with Crippen molar-refractivity contribution in [3.05, 3.63) is 66.0 Å². The van der Waals surface area contributed by atoms with Crippen molar-refractivity contribution >= 4 is 23.4 Å². The predicted octanol–water partition coefficient (Wildman–Crippen LogP) is 2.71. The Kier molecular flexibility index (Phi) is 5.90. The molecular formula is C23H23FN2O4. The van der Waals surface area contributed by atoms with Gasteiger partial charge in [-0.15, -0.1) is 0 Å². The third kappa shape index (κ3) is 4.26. The Hall–Kier alpha value is -3.06. The van der Waals surface area contributed by atoms with E-state index in [0.717, 1.165) is 23.3 Å². The van der Waals surface area contributed by atoms with Gasteiger partial charge in [-0.2, -0.15) is 0 Å². The molecule has 0 N–H and O–H groups in total. The van der Waals surface area contributed by atoms with E-state index in [1.807, 2.05) is 30.3 Å². The fourth-order valence-electron chi connectivity index (χ4n) is 4.00. The van der Waals surface area contributed by atoms with E-state index in [0.29, 0.717) is 12.3 Å². The molecule has 2 atom stereocenters. The summed E-state index contributed by atoms with van der Waals surface area (Å²) in [7, 11) is 0. The number of anilines is 1. The Labute approximate surface area is 174 Å². The van der Waals surface area contributed by atoms with Crippen LogP contribution in [0.4, 0.5) is 10.1 Å². The largest absolute Gasteiger partial charge is 0.376 e. The summed E-state index contributed by atoms with van der Waals surface area (Å²) in [5, 5.41) is 0. The highest BCUT2D eigenvalue weighted by Crippen LogP contribution is 2.27. The number of rotatable bonds is 6. The number of halogens is 1. The van der Waals surface area contributed by atoms with E-state index in [4.69, 9.17) is 4.74 Å². The number of carbonyl (C=O) groups excluding carboxylic acids is 3. The van der Waals surface area contributed by atoms with Gasteiger partial charge in [0.1, 0.15) is 11.9 Å². The zero-order valence-electron chi connectivity index (χ0n) is 16.5. The topological polar surface area (TPSA) is 66.9 Å². The quantitative estimate of drug-likeness (QED) is 0.687. The van der Waals surface area contributed by atoms with Crippen LogP contribution in [0.3, 0.4) is 0 Å². The molecule has 6 nitrogen and oxygen atoms in total. The number of carbonyl (C=O) groups is 3. The lowest BCUT2D eigenvalue weighted by Gasteiger charge is -2.30. The maximum atomic E-state index is 13.3. The Morgan fingerprint density at radius 2 is 1.83 bits per heavy atom. The van der Waals surface area contributed by atoms with Crippen LogP contribution in [0.15, 0.2) is 54.6 Å². The molecule has 30 heavy (non-hydrogen) atoms. The molecule has 0 saturated carbocycles. The molecule has 0 aromatic heterocycles. The van der Waals surface area contributed by atoms with Gasteiger partial charge in [0, 0.05) is 13.2 Å². The van der Waals surface area contributed by atoms with Gasteiger partial charge in [0.15, 0.2) is 0 Å². The molecule has 0 aliphatic carbocycles. The monoisotopic (exact) mass is 410 g/mol. The molecule has 2 saturated heterocycles. The van der Waals surface area contributed by atoms with Gasteiger partial charge in [-0.1, -0.05) is 30.3 Å². The minimum absolute atomic E-state index is 0.0938. The molecule has 0 radical (unpaired) electrons. The lowest BCUT2D eigenvalue weighted by Crippen LogP contribution is -2.49. The van der Waals surface area contributed by atoms with Crippen LogP contribution in [0.25, 0.3) is 0 Å². The third-order valence-electron chi connectivity index (χ3n) is 5.53. The number of benzene rings is 2. The Bertz CT molecular complexity index is 926. The number of nitrogens with zero attached hydrogens (tertiary/aromatic N) is 2. The minimum Gasteiger partial charge on any atom is -0.376 e. The van der Waals surface area contributed by atoms with E-state index < -0.39 is 23.7 Å². The highest BCUT2D eigenvalue weighted by atomic mass is 19.1. The summed E-state index contributed by atoms with van der Waals surface area (Å²) in [6.45, 7) is 0.900. The molecule has 0 bridgehead atoms. The van der Waals surface area contributed by atoms with Crippen molar-refractivity contribution in [2.45, 2.75) is 37.8 Å². The van der Waals surface area contributed by atoms with E-state index in [-0.39, 0.29) is 31.4 Å². The van der Waals surface area contributed by atoms with E-state index in [1.165, 1.54) is 29.2 Å². The Morgan fingerprint density at radius 1 is 1.10 bits per heavy atom. The summed E-state index contributed by atoms with van der Waals surface area (Å²) >= 11 is 0. The SMILES string of the molecule is O=C1CC(N(CC2CCCO2)C(=O)Cc2ccccc2)C(=O)N1c1ccc(F)cc1. The van der Waals surface area contributed by atoms with Crippen LogP contribution in [0.2, 0.25) is 0 Å². The molecule has 2 aromatic carbocycles. The summed E-state index contributed by atoms with van der Waals surface area (Å²) in [6.07, 6.45) is 1.62. The van der Waals surface area contributed by atoms with Crippen LogP contribution in [-0.2, 0) is 25.5 Å². The lowest BCUT2D eigenvalue weighted by molar-refractivity contribution is -0.139. The number of hydrogen-bond acceptors (Lipinski definition) is 4. The predicted molar refractivity (Wildman–Crippen MR) is 108 cm³/mol. The first-order valence-electron chi connectivity index (χ1n) is 10.1.